The highest BCUT2D eigenvalue weighted by Crippen LogP contribution is 2.44. The Morgan fingerprint density at radius 3 is 2.45 bits per heavy atom. The third kappa shape index (κ3) is 5.68. The molecular weight excluding hydrogens is 553 g/mol. The Labute approximate surface area is 225 Å². The van der Waals surface area contributed by atoms with Gasteiger partial charge in [-0.25, -0.2) is 19.2 Å². The zero-order valence-electron chi connectivity index (χ0n) is 20.1. The molecule has 2 unspecified atom stereocenters. The monoisotopic (exact) mass is 577 g/mol. The lowest BCUT2D eigenvalue weighted by Crippen LogP contribution is -2.57. The molecule has 0 amide bonds. The first-order chi connectivity index (χ1) is 17.8. The third-order valence-corrected chi connectivity index (χ3v) is 7.91. The van der Waals surface area contributed by atoms with E-state index in [1.165, 1.54) is 25.2 Å². The number of nitrogens with zero attached hydrogens (tertiary/aromatic N) is 2. The number of rotatable bonds is 4. The molecule has 1 aliphatic carbocycles. The van der Waals surface area contributed by atoms with Crippen molar-refractivity contribution in [1.29, 1.82) is 0 Å². The van der Waals surface area contributed by atoms with Crippen molar-refractivity contribution in [2.45, 2.75) is 55.9 Å². The molecule has 2 aromatic rings. The van der Waals surface area contributed by atoms with Crippen LogP contribution in [0.25, 0.3) is 6.08 Å². The number of halogens is 6. The molecule has 2 fully saturated rings. The van der Waals surface area contributed by atoms with E-state index in [4.69, 9.17) is 43.6 Å². The van der Waals surface area contributed by atoms with Gasteiger partial charge in [-0.2, -0.15) is 13.2 Å². The van der Waals surface area contributed by atoms with Crippen molar-refractivity contribution in [1.82, 2.24) is 15.3 Å². The zero-order chi connectivity index (χ0) is 27.8. The van der Waals surface area contributed by atoms with E-state index in [-0.39, 0.29) is 21.7 Å². The molecule has 8 nitrogen and oxygen atoms in total. The van der Waals surface area contributed by atoms with Crippen LogP contribution in [0, 0.1) is 11.7 Å². The van der Waals surface area contributed by atoms with Gasteiger partial charge in [0, 0.05) is 30.1 Å². The Balaban J connectivity index is 0.000000426. The predicted molar refractivity (Wildman–Crippen MR) is 134 cm³/mol. The molecule has 14 heteroatoms. The van der Waals surface area contributed by atoms with Crippen LogP contribution in [-0.2, 0) is 16.0 Å². The first-order valence-electron chi connectivity index (χ1n) is 11.7. The van der Waals surface area contributed by atoms with E-state index >= 15 is 0 Å². The van der Waals surface area contributed by atoms with Gasteiger partial charge in [-0.05, 0) is 43.7 Å². The highest BCUT2D eigenvalue weighted by atomic mass is 35.5. The number of aromatic nitrogens is 2. The van der Waals surface area contributed by atoms with Gasteiger partial charge in [0.2, 0.25) is 0 Å². The number of piperidine rings is 1. The van der Waals surface area contributed by atoms with E-state index in [0.29, 0.717) is 30.0 Å². The Morgan fingerprint density at radius 2 is 1.87 bits per heavy atom. The molecule has 2 bridgehead atoms. The Morgan fingerprint density at radius 1 is 1.24 bits per heavy atom. The number of methoxy groups -OCH3 is 1. The molecule has 2 aliphatic heterocycles. The number of nitrogens with one attached hydrogen (secondary N) is 2. The van der Waals surface area contributed by atoms with Crippen LogP contribution in [0.2, 0.25) is 10.0 Å². The minimum absolute atomic E-state index is 0.130. The summed E-state index contributed by atoms with van der Waals surface area (Å²) in [6.45, 7) is 0. The fourth-order valence-electron chi connectivity index (χ4n) is 5.29. The summed E-state index contributed by atoms with van der Waals surface area (Å²) in [4.78, 5) is 17.7. The highest BCUT2D eigenvalue weighted by molar-refractivity contribution is 6.42. The summed E-state index contributed by atoms with van der Waals surface area (Å²) >= 11 is 11.9. The van der Waals surface area contributed by atoms with E-state index in [9.17, 15) is 17.6 Å². The summed E-state index contributed by atoms with van der Waals surface area (Å²) in [5, 5.41) is 13.9. The largest absolute Gasteiger partial charge is 0.499 e. The topological polar surface area (TPSA) is 122 Å². The SMILES string of the molecule is COC1=Cc2ncnc(Nc3ccc(Cl)c(Cl)c3F)c2CC1(N)C1C[C@H]2CC[C@@H](C1)N2.O=C(O)C(F)(F)F. The van der Waals surface area contributed by atoms with Gasteiger partial charge < -0.3 is 26.2 Å². The quantitative estimate of drug-likeness (QED) is 0.293. The van der Waals surface area contributed by atoms with Crippen LogP contribution in [0.4, 0.5) is 29.1 Å². The molecule has 0 radical (unpaired) electrons. The number of anilines is 2. The molecule has 38 heavy (non-hydrogen) atoms. The second kappa shape index (κ2) is 10.8. The van der Waals surface area contributed by atoms with Crippen molar-refractivity contribution in [2.75, 3.05) is 12.4 Å². The van der Waals surface area contributed by atoms with Gasteiger partial charge in [-0.15, -0.1) is 0 Å². The molecule has 5 N–H and O–H groups in total. The van der Waals surface area contributed by atoms with Crippen LogP contribution in [0.5, 0.6) is 0 Å². The number of fused-ring (bicyclic) bond motifs is 3. The maximum absolute atomic E-state index is 14.6. The fourth-order valence-corrected chi connectivity index (χ4v) is 5.60. The molecule has 4 atom stereocenters. The Bertz CT molecular complexity index is 1250. The number of nitrogens with two attached hydrogens (primary N) is 1. The number of carbonyl (C=O) groups is 1. The van der Waals surface area contributed by atoms with Crippen molar-refractivity contribution < 1.29 is 32.2 Å². The molecule has 1 aromatic carbocycles. The highest BCUT2D eigenvalue weighted by Gasteiger charge is 2.48. The lowest BCUT2D eigenvalue weighted by Gasteiger charge is -2.44. The van der Waals surface area contributed by atoms with Gasteiger partial charge in [0.05, 0.1) is 34.1 Å². The van der Waals surface area contributed by atoms with Crippen LogP contribution < -0.4 is 16.4 Å². The average Bonchev–Trinajstić information content (AvgIpc) is 3.21. The number of hydrogen-bond donors (Lipinski definition) is 4. The number of ether oxygens (including phenoxy) is 1. The van der Waals surface area contributed by atoms with Crippen molar-refractivity contribution in [3.63, 3.8) is 0 Å². The standard InChI is InChI=1S/C22H24Cl2FN5O.C2HF3O2/c1-31-18-8-17-14(9-22(18,26)11-6-12-2-3-13(7-11)29-12)21(28-10-27-17)30-16-5-4-15(23)19(24)20(16)25;3-2(4,5)1(6)7/h4-5,8,10-13,29H,2-3,6-7,9,26H2,1H3,(H,27,28,30);(H,6,7)/t11?,12-,13+,22?;. The number of benzene rings is 1. The van der Waals surface area contributed by atoms with Crippen molar-refractivity contribution in [3.05, 3.63) is 51.3 Å². The van der Waals surface area contributed by atoms with Gasteiger partial charge >= 0.3 is 12.1 Å². The normalized spacial score (nSPS) is 26.0. The van der Waals surface area contributed by atoms with E-state index in [0.717, 1.165) is 24.2 Å². The molecular formula is C24H25Cl2F4N5O3. The maximum Gasteiger partial charge on any atom is 0.490 e. The summed E-state index contributed by atoms with van der Waals surface area (Å²) in [5.41, 5.74) is 8.14. The van der Waals surface area contributed by atoms with Crippen LogP contribution in [0.3, 0.4) is 0 Å². The van der Waals surface area contributed by atoms with Crippen LogP contribution in [0.15, 0.2) is 24.2 Å². The molecule has 0 spiro atoms. The first-order valence-corrected chi connectivity index (χ1v) is 12.4. The summed E-state index contributed by atoms with van der Waals surface area (Å²) in [7, 11) is 1.65. The van der Waals surface area contributed by atoms with E-state index < -0.39 is 23.5 Å². The van der Waals surface area contributed by atoms with Gasteiger partial charge in [0.15, 0.2) is 5.82 Å². The maximum atomic E-state index is 14.6. The molecule has 206 valence electrons. The first kappa shape index (κ1) is 28.3. The lowest BCUT2D eigenvalue weighted by atomic mass is 9.70. The van der Waals surface area contributed by atoms with Crippen molar-refractivity contribution in [2.24, 2.45) is 11.7 Å². The summed E-state index contributed by atoms with van der Waals surface area (Å²) in [6, 6.07) is 4.08. The molecule has 5 rings (SSSR count). The molecule has 1 aromatic heterocycles. The Kier molecular flexibility index (Phi) is 8.08. The molecule has 3 heterocycles. The lowest BCUT2D eigenvalue weighted by molar-refractivity contribution is -0.192. The van der Waals surface area contributed by atoms with Crippen LogP contribution in [0.1, 0.15) is 36.9 Å². The number of aliphatic carboxylic acids is 1. The number of carboxylic acid groups (broad SMARTS) is 1. The fraction of sp³-hybridized carbons (Fsp3) is 0.458. The molecule has 2 saturated heterocycles. The number of carboxylic acids is 1. The van der Waals surface area contributed by atoms with Crippen molar-refractivity contribution >= 4 is 46.8 Å². The smallest absolute Gasteiger partial charge is 0.490 e. The van der Waals surface area contributed by atoms with E-state index in [1.807, 2.05) is 6.08 Å². The van der Waals surface area contributed by atoms with Crippen LogP contribution >= 0.6 is 23.2 Å². The van der Waals surface area contributed by atoms with Crippen molar-refractivity contribution in [3.8, 4) is 0 Å². The summed E-state index contributed by atoms with van der Waals surface area (Å²) in [6.07, 6.45) is 3.12. The van der Waals surface area contributed by atoms with Crippen LogP contribution in [-0.4, -0.2) is 52.0 Å². The van der Waals surface area contributed by atoms with Gasteiger partial charge in [0.1, 0.15) is 17.9 Å². The second-order valence-electron chi connectivity index (χ2n) is 9.47. The van der Waals surface area contributed by atoms with E-state index in [1.54, 1.807) is 13.2 Å². The molecule has 3 aliphatic rings. The minimum atomic E-state index is -5.08. The van der Waals surface area contributed by atoms with E-state index in [2.05, 4.69) is 20.6 Å². The average molecular weight is 578 g/mol. The van der Waals surface area contributed by atoms with Gasteiger partial charge in [0.25, 0.3) is 0 Å². The second-order valence-corrected chi connectivity index (χ2v) is 10.3. The number of hydrogen-bond acceptors (Lipinski definition) is 7. The predicted octanol–water partition coefficient (Wildman–Crippen LogP) is 5.07. The Hall–Kier alpha value is -2.67. The molecule has 0 saturated carbocycles. The zero-order valence-corrected chi connectivity index (χ0v) is 21.6. The minimum Gasteiger partial charge on any atom is -0.499 e. The summed E-state index contributed by atoms with van der Waals surface area (Å²) < 4.78 is 52.1. The number of alkyl halides is 3. The summed E-state index contributed by atoms with van der Waals surface area (Å²) in [5.74, 6) is -1.88. The van der Waals surface area contributed by atoms with Gasteiger partial charge in [-0.3, -0.25) is 0 Å². The third-order valence-electron chi connectivity index (χ3n) is 7.13. The van der Waals surface area contributed by atoms with Gasteiger partial charge in [-0.1, -0.05) is 23.2 Å².